The average molecular weight is 471 g/mol. The Morgan fingerprint density at radius 3 is 1.81 bits per heavy atom. The van der Waals surface area contributed by atoms with Gasteiger partial charge in [0.15, 0.2) is 5.78 Å². The summed E-state index contributed by atoms with van der Waals surface area (Å²) in [5, 5.41) is 11.1. The number of ketones is 1. The van der Waals surface area contributed by atoms with Crippen molar-refractivity contribution in [3.8, 4) is 11.1 Å². The molecule has 0 unspecified atom stereocenters. The van der Waals surface area contributed by atoms with Crippen LogP contribution >= 0.6 is 0 Å². The van der Waals surface area contributed by atoms with Gasteiger partial charge in [-0.25, -0.2) is 27.1 Å². The van der Waals surface area contributed by atoms with Gasteiger partial charge in [0.1, 0.15) is 0 Å². The average Bonchev–Trinajstić information content (AvgIpc) is 2.79. The summed E-state index contributed by atoms with van der Waals surface area (Å²) in [5.74, 6) is 0.876. The number of hydrogen-bond acceptors (Lipinski definition) is 5. The molecular weight excluding hydrogens is 448 g/mol. The zero-order chi connectivity index (χ0) is 22.4. The summed E-state index contributed by atoms with van der Waals surface area (Å²) in [6.07, 6.45) is 5.46. The van der Waals surface area contributed by atoms with Gasteiger partial charge in [0.05, 0.1) is 9.79 Å². The Morgan fingerprint density at radius 1 is 0.750 bits per heavy atom. The molecule has 0 spiro atoms. The van der Waals surface area contributed by atoms with Crippen LogP contribution in [-0.2, 0) is 30.9 Å². The highest BCUT2D eigenvalue weighted by Gasteiger charge is 2.63. The van der Waals surface area contributed by atoms with E-state index in [0.29, 0.717) is 34.1 Å². The summed E-state index contributed by atoms with van der Waals surface area (Å²) >= 11 is 0. The lowest BCUT2D eigenvalue weighted by molar-refractivity contribution is -0.0376. The van der Waals surface area contributed by atoms with Gasteiger partial charge in [-0.3, -0.25) is 4.79 Å². The molecule has 0 saturated heterocycles. The molecular formula is C23H22N2O5S2. The molecule has 0 aliphatic heterocycles. The third-order valence-corrected chi connectivity index (χ3v) is 10.7. The highest BCUT2D eigenvalue weighted by molar-refractivity contribution is 7.89. The van der Waals surface area contributed by atoms with Crippen LogP contribution in [0.25, 0.3) is 11.1 Å². The fourth-order valence-corrected chi connectivity index (χ4v) is 8.88. The van der Waals surface area contributed by atoms with Gasteiger partial charge in [-0.15, -0.1) is 0 Å². The molecule has 2 aromatic carbocycles. The van der Waals surface area contributed by atoms with Gasteiger partial charge in [0.2, 0.25) is 20.0 Å². The molecule has 0 radical (unpaired) electrons. The van der Waals surface area contributed by atoms with Gasteiger partial charge in [-0.1, -0.05) is 6.07 Å². The van der Waals surface area contributed by atoms with Crippen molar-refractivity contribution >= 4 is 25.8 Å². The quantitative estimate of drug-likeness (QED) is 0.603. The SMILES string of the molecule is NS(=O)(=O)c1ccc2c(c1)C(=O)c1c-2cc(C23CC(C2)C3)c(S(N)(=O)=O)c1C12CC(C1)C2. The Morgan fingerprint density at radius 2 is 1.34 bits per heavy atom. The van der Waals surface area contributed by atoms with E-state index in [-0.39, 0.29) is 32.0 Å². The molecule has 9 heteroatoms. The fraction of sp³-hybridized carbons (Fsp3) is 0.435. The minimum atomic E-state index is -4.07. The van der Waals surface area contributed by atoms with Crippen molar-refractivity contribution in [2.24, 2.45) is 22.1 Å². The number of rotatable bonds is 4. The Balaban J connectivity index is 1.57. The first-order valence-corrected chi connectivity index (χ1v) is 14.0. The molecule has 7 aliphatic carbocycles. The first-order valence-electron chi connectivity index (χ1n) is 10.9. The molecule has 32 heavy (non-hydrogen) atoms. The maximum Gasteiger partial charge on any atom is 0.238 e. The van der Waals surface area contributed by atoms with Crippen molar-refractivity contribution < 1.29 is 21.6 Å². The molecule has 2 aromatic rings. The van der Waals surface area contributed by atoms with E-state index in [9.17, 15) is 21.6 Å². The van der Waals surface area contributed by atoms with E-state index in [2.05, 4.69) is 0 Å². The largest absolute Gasteiger partial charge is 0.289 e. The van der Waals surface area contributed by atoms with E-state index in [1.54, 1.807) is 6.07 Å². The van der Waals surface area contributed by atoms with Crippen LogP contribution in [0.4, 0.5) is 0 Å². The van der Waals surface area contributed by atoms with Crippen molar-refractivity contribution in [3.05, 3.63) is 46.5 Å². The van der Waals surface area contributed by atoms with Crippen LogP contribution in [0.5, 0.6) is 0 Å². The third-order valence-electron chi connectivity index (χ3n) is 8.82. The van der Waals surface area contributed by atoms with Gasteiger partial charge in [0, 0.05) is 11.1 Å². The summed E-state index contributed by atoms with van der Waals surface area (Å²) < 4.78 is 49.8. The highest BCUT2D eigenvalue weighted by Crippen LogP contribution is 2.71. The summed E-state index contributed by atoms with van der Waals surface area (Å²) in [7, 11) is -8.04. The predicted octanol–water partition coefficient (Wildman–Crippen LogP) is 2.30. The smallest absolute Gasteiger partial charge is 0.238 e. The summed E-state index contributed by atoms with van der Waals surface area (Å²) in [5.41, 5.74) is 2.86. The van der Waals surface area contributed by atoms with Gasteiger partial charge in [-0.05, 0) is 102 Å². The van der Waals surface area contributed by atoms with Crippen molar-refractivity contribution in [2.75, 3.05) is 0 Å². The molecule has 6 fully saturated rings. The number of benzene rings is 2. The molecule has 0 heterocycles. The second-order valence-corrected chi connectivity index (χ2v) is 13.8. The third kappa shape index (κ3) is 2.16. The number of primary sulfonamides is 2. The maximum absolute atomic E-state index is 13.7. The lowest BCUT2D eigenvalue weighted by Gasteiger charge is -2.65. The van der Waals surface area contributed by atoms with Crippen molar-refractivity contribution in [1.82, 2.24) is 0 Å². The van der Waals surface area contributed by atoms with Gasteiger partial charge < -0.3 is 0 Å². The van der Waals surface area contributed by atoms with E-state index in [0.717, 1.165) is 44.1 Å². The van der Waals surface area contributed by atoms with Crippen LogP contribution in [0.15, 0.2) is 34.1 Å². The number of fused-ring (bicyclic) bond motifs is 3. The van der Waals surface area contributed by atoms with Gasteiger partial charge in [-0.2, -0.15) is 0 Å². The number of carbonyl (C=O) groups is 1. The minimum Gasteiger partial charge on any atom is -0.289 e. The molecule has 4 bridgehead atoms. The fourth-order valence-electron chi connectivity index (χ4n) is 7.16. The van der Waals surface area contributed by atoms with E-state index in [4.69, 9.17) is 10.3 Å². The van der Waals surface area contributed by atoms with Crippen molar-refractivity contribution in [2.45, 2.75) is 59.1 Å². The monoisotopic (exact) mass is 470 g/mol. The summed E-state index contributed by atoms with van der Waals surface area (Å²) in [6.45, 7) is 0. The number of hydrogen-bond donors (Lipinski definition) is 2. The van der Waals surface area contributed by atoms with Crippen molar-refractivity contribution in [3.63, 3.8) is 0 Å². The lowest BCUT2D eigenvalue weighted by atomic mass is 9.39. The molecule has 4 N–H and O–H groups in total. The molecule has 9 rings (SSSR count). The second kappa shape index (κ2) is 5.35. The Bertz CT molecular complexity index is 1490. The summed E-state index contributed by atoms with van der Waals surface area (Å²) in [6, 6.07) is 6.20. The maximum atomic E-state index is 13.7. The predicted molar refractivity (Wildman–Crippen MR) is 116 cm³/mol. The topological polar surface area (TPSA) is 137 Å². The standard InChI is InChI=1S/C23H22N2O5S2/c24-31(27,28)13-1-2-14-15-4-17(22-5-11(6-22)7-22)21(32(25,29)30)19(23-8-12(9-23)10-23)18(15)20(26)16(14)3-13/h1-4,11-12H,5-10H2,(H2,24,27,28)(H2,25,29,30). The molecule has 0 aromatic heterocycles. The van der Waals surface area contributed by atoms with Gasteiger partial charge >= 0.3 is 0 Å². The van der Waals surface area contributed by atoms with Crippen LogP contribution in [0.2, 0.25) is 0 Å². The normalized spacial score (nSPS) is 33.4. The molecule has 0 amide bonds. The molecule has 166 valence electrons. The zero-order valence-corrected chi connectivity index (χ0v) is 18.9. The van der Waals surface area contributed by atoms with Crippen LogP contribution in [0.1, 0.15) is 65.6 Å². The Kier molecular flexibility index (Phi) is 3.25. The van der Waals surface area contributed by atoms with Crippen LogP contribution in [0, 0.1) is 11.8 Å². The Hall–Kier alpha value is -2.07. The molecule has 7 aliphatic rings. The first-order chi connectivity index (χ1) is 14.9. The molecule has 0 atom stereocenters. The number of nitrogens with two attached hydrogens (primary N) is 2. The second-order valence-electron chi connectivity index (χ2n) is 10.7. The zero-order valence-electron chi connectivity index (χ0n) is 17.2. The van der Waals surface area contributed by atoms with E-state index >= 15 is 0 Å². The van der Waals surface area contributed by atoms with E-state index < -0.39 is 20.0 Å². The number of carbonyl (C=O) groups excluding carboxylic acids is 1. The molecule has 6 saturated carbocycles. The van der Waals surface area contributed by atoms with Gasteiger partial charge in [0.25, 0.3) is 0 Å². The summed E-state index contributed by atoms with van der Waals surface area (Å²) in [4.78, 5) is 13.7. The van der Waals surface area contributed by atoms with Crippen LogP contribution in [-0.4, -0.2) is 22.6 Å². The van der Waals surface area contributed by atoms with E-state index in [1.807, 2.05) is 6.07 Å². The van der Waals surface area contributed by atoms with Crippen LogP contribution in [0.3, 0.4) is 0 Å². The minimum absolute atomic E-state index is 0.129. The van der Waals surface area contributed by atoms with E-state index in [1.165, 1.54) is 12.1 Å². The van der Waals surface area contributed by atoms with Crippen LogP contribution < -0.4 is 10.3 Å². The number of sulfonamides is 2. The lowest BCUT2D eigenvalue weighted by Crippen LogP contribution is -2.58. The first kappa shape index (κ1) is 19.4. The van der Waals surface area contributed by atoms with Crippen molar-refractivity contribution in [1.29, 1.82) is 0 Å². The Labute approximate surface area is 186 Å². The molecule has 7 nitrogen and oxygen atoms in total. The highest BCUT2D eigenvalue weighted by atomic mass is 32.2.